The van der Waals surface area contributed by atoms with E-state index < -0.39 is 0 Å². The second-order valence-corrected chi connectivity index (χ2v) is 12.1. The van der Waals surface area contributed by atoms with Crippen LogP contribution >= 0.6 is 0 Å². The number of aryl methyl sites for hydroxylation is 2. The van der Waals surface area contributed by atoms with Crippen molar-refractivity contribution in [1.29, 1.82) is 0 Å². The van der Waals surface area contributed by atoms with Crippen LogP contribution in [0.4, 0.5) is 0 Å². The standard InChI is InChI=1S/C32H42O7/c1-31(2)19-38-29(31)23-9-13-27(35-5)21(15-23)7-11-25(33)17-37-18-26(34)12-8-22-16-24(10-14-28(22)36-6)30-32(3,4)20-39-30/h9-10,13-16,29-30H,7-8,11-12,17-20H2,1-6H3. The highest BCUT2D eigenvalue weighted by molar-refractivity contribution is 5.82. The molecule has 2 aliphatic heterocycles. The SMILES string of the molecule is COc1ccc(C2OCC2(C)C)cc1CCC(=O)COCC(=O)CCc1cc(C2OCC2(C)C)ccc1OC. The van der Waals surface area contributed by atoms with Gasteiger partial charge >= 0.3 is 0 Å². The summed E-state index contributed by atoms with van der Waals surface area (Å²) in [6.07, 6.45) is 1.80. The number of hydrogen-bond donors (Lipinski definition) is 0. The maximum Gasteiger partial charge on any atom is 0.158 e. The van der Waals surface area contributed by atoms with Crippen LogP contribution in [-0.4, -0.2) is 52.2 Å². The average Bonchev–Trinajstić information content (AvgIpc) is 2.89. The van der Waals surface area contributed by atoms with Gasteiger partial charge in [-0.2, -0.15) is 0 Å². The molecule has 2 heterocycles. The molecule has 7 nitrogen and oxygen atoms in total. The summed E-state index contributed by atoms with van der Waals surface area (Å²) in [6.45, 7) is 10.1. The number of methoxy groups -OCH3 is 2. The first kappa shape index (κ1) is 29.2. The summed E-state index contributed by atoms with van der Waals surface area (Å²) in [7, 11) is 3.26. The molecular weight excluding hydrogens is 496 g/mol. The van der Waals surface area contributed by atoms with E-state index in [1.54, 1.807) is 14.2 Å². The lowest BCUT2D eigenvalue weighted by atomic mass is 9.78. The van der Waals surface area contributed by atoms with Gasteiger partial charge in [0, 0.05) is 23.7 Å². The number of Topliss-reactive ketones (excluding diaryl/α,β-unsaturated/α-hetero) is 2. The van der Waals surface area contributed by atoms with E-state index in [-0.39, 0.29) is 47.8 Å². The van der Waals surface area contributed by atoms with Crippen LogP contribution in [0.2, 0.25) is 0 Å². The molecule has 0 spiro atoms. The summed E-state index contributed by atoms with van der Waals surface area (Å²) in [4.78, 5) is 25.0. The maximum absolute atomic E-state index is 12.5. The predicted molar refractivity (Wildman–Crippen MR) is 148 cm³/mol. The van der Waals surface area contributed by atoms with E-state index in [1.165, 1.54) is 0 Å². The van der Waals surface area contributed by atoms with Crippen LogP contribution in [0.5, 0.6) is 11.5 Å². The molecule has 2 atom stereocenters. The Morgan fingerprint density at radius 3 is 1.46 bits per heavy atom. The zero-order chi connectivity index (χ0) is 28.2. The Morgan fingerprint density at radius 1 is 0.744 bits per heavy atom. The number of rotatable bonds is 14. The van der Waals surface area contributed by atoms with Crippen molar-refractivity contribution in [3.63, 3.8) is 0 Å². The third-order valence-electron chi connectivity index (χ3n) is 7.75. The molecule has 0 N–H and O–H groups in total. The van der Waals surface area contributed by atoms with Gasteiger partial charge in [-0.15, -0.1) is 0 Å². The molecular formula is C32H42O7. The largest absolute Gasteiger partial charge is 0.496 e. The fraction of sp³-hybridized carbons (Fsp3) is 0.562. The first-order valence-electron chi connectivity index (χ1n) is 13.7. The van der Waals surface area contributed by atoms with E-state index in [0.717, 1.165) is 47.0 Å². The average molecular weight is 539 g/mol. The van der Waals surface area contributed by atoms with Gasteiger partial charge in [-0.05, 0) is 59.4 Å². The van der Waals surface area contributed by atoms with Gasteiger partial charge < -0.3 is 23.7 Å². The Kier molecular flexibility index (Phi) is 9.14. The zero-order valence-electron chi connectivity index (χ0n) is 24.1. The van der Waals surface area contributed by atoms with Gasteiger partial charge in [0.15, 0.2) is 11.6 Å². The minimum absolute atomic E-state index is 0.0482. The third kappa shape index (κ3) is 6.89. The molecule has 2 fully saturated rings. The van der Waals surface area contributed by atoms with Crippen molar-refractivity contribution >= 4 is 11.6 Å². The summed E-state index contributed by atoms with van der Waals surface area (Å²) >= 11 is 0. The Bertz CT molecular complexity index is 1090. The summed E-state index contributed by atoms with van der Waals surface area (Å²) in [5, 5.41) is 0. The van der Waals surface area contributed by atoms with Gasteiger partial charge in [-0.1, -0.05) is 39.8 Å². The van der Waals surface area contributed by atoms with E-state index in [4.69, 9.17) is 23.7 Å². The van der Waals surface area contributed by atoms with Crippen molar-refractivity contribution in [2.75, 3.05) is 40.6 Å². The Morgan fingerprint density at radius 2 is 1.15 bits per heavy atom. The summed E-state index contributed by atoms with van der Waals surface area (Å²) in [5.41, 5.74) is 4.33. The van der Waals surface area contributed by atoms with Crippen molar-refractivity contribution in [1.82, 2.24) is 0 Å². The van der Waals surface area contributed by atoms with Gasteiger partial charge in [-0.3, -0.25) is 9.59 Å². The minimum Gasteiger partial charge on any atom is -0.496 e. The number of hydrogen-bond acceptors (Lipinski definition) is 7. The van der Waals surface area contributed by atoms with E-state index >= 15 is 0 Å². The number of carbonyl (C=O) groups excluding carboxylic acids is 2. The van der Waals surface area contributed by atoms with Crippen LogP contribution in [0.15, 0.2) is 36.4 Å². The van der Waals surface area contributed by atoms with Crippen molar-refractivity contribution in [3.8, 4) is 11.5 Å². The molecule has 0 radical (unpaired) electrons. The van der Waals surface area contributed by atoms with Crippen LogP contribution < -0.4 is 9.47 Å². The second kappa shape index (κ2) is 12.2. The molecule has 2 aromatic carbocycles. The van der Waals surface area contributed by atoms with E-state index in [2.05, 4.69) is 39.8 Å². The molecule has 212 valence electrons. The van der Waals surface area contributed by atoms with Gasteiger partial charge in [0.2, 0.25) is 0 Å². The number of carbonyl (C=O) groups is 2. The lowest BCUT2D eigenvalue weighted by Crippen LogP contribution is -2.40. The molecule has 0 saturated carbocycles. The van der Waals surface area contributed by atoms with Crippen LogP contribution in [-0.2, 0) is 36.6 Å². The van der Waals surface area contributed by atoms with Crippen molar-refractivity contribution in [2.45, 2.75) is 65.6 Å². The molecule has 7 heteroatoms. The summed E-state index contributed by atoms with van der Waals surface area (Å²) in [6, 6.07) is 12.1. The van der Waals surface area contributed by atoms with Crippen molar-refractivity contribution < 1.29 is 33.3 Å². The van der Waals surface area contributed by atoms with Crippen LogP contribution in [0.1, 0.15) is 75.0 Å². The first-order chi connectivity index (χ1) is 18.5. The van der Waals surface area contributed by atoms with E-state index in [0.29, 0.717) is 25.7 Å². The Labute approximate surface area is 232 Å². The van der Waals surface area contributed by atoms with Gasteiger partial charge in [0.05, 0.1) is 39.6 Å². The molecule has 0 aromatic heterocycles. The number of benzene rings is 2. The highest BCUT2D eigenvalue weighted by Gasteiger charge is 2.42. The molecule has 2 unspecified atom stereocenters. The molecule has 0 bridgehead atoms. The lowest BCUT2D eigenvalue weighted by molar-refractivity contribution is -0.172. The van der Waals surface area contributed by atoms with Crippen molar-refractivity contribution in [3.05, 3.63) is 58.7 Å². The molecule has 0 amide bonds. The number of ether oxygens (including phenoxy) is 5. The van der Waals surface area contributed by atoms with Crippen molar-refractivity contribution in [2.24, 2.45) is 10.8 Å². The summed E-state index contributed by atoms with van der Waals surface area (Å²) < 4.78 is 28.1. The van der Waals surface area contributed by atoms with E-state index in [9.17, 15) is 9.59 Å². The quantitative estimate of drug-likeness (QED) is 0.309. The van der Waals surface area contributed by atoms with Crippen LogP contribution in [0.25, 0.3) is 0 Å². The maximum atomic E-state index is 12.5. The highest BCUT2D eigenvalue weighted by atomic mass is 16.5. The topological polar surface area (TPSA) is 80.3 Å². The zero-order valence-corrected chi connectivity index (χ0v) is 24.1. The molecule has 2 aliphatic rings. The Balaban J connectivity index is 1.22. The molecule has 4 rings (SSSR count). The Hall–Kier alpha value is -2.74. The fourth-order valence-electron chi connectivity index (χ4n) is 5.38. The highest BCUT2D eigenvalue weighted by Crippen LogP contribution is 2.47. The molecule has 2 saturated heterocycles. The molecule has 0 aliphatic carbocycles. The lowest BCUT2D eigenvalue weighted by Gasteiger charge is -2.44. The monoisotopic (exact) mass is 538 g/mol. The third-order valence-corrected chi connectivity index (χ3v) is 7.75. The fourth-order valence-corrected chi connectivity index (χ4v) is 5.38. The number of ketones is 2. The second-order valence-electron chi connectivity index (χ2n) is 12.1. The normalized spacial score (nSPS) is 21.0. The summed E-state index contributed by atoms with van der Waals surface area (Å²) in [5.74, 6) is 1.42. The minimum atomic E-state index is -0.0839. The van der Waals surface area contributed by atoms with Gasteiger partial charge in [-0.25, -0.2) is 0 Å². The van der Waals surface area contributed by atoms with Gasteiger partial charge in [0.1, 0.15) is 24.7 Å². The van der Waals surface area contributed by atoms with Crippen LogP contribution in [0, 0.1) is 10.8 Å². The van der Waals surface area contributed by atoms with Gasteiger partial charge in [0.25, 0.3) is 0 Å². The smallest absolute Gasteiger partial charge is 0.158 e. The molecule has 2 aromatic rings. The van der Waals surface area contributed by atoms with E-state index in [1.807, 2.05) is 24.3 Å². The predicted octanol–water partition coefficient (Wildman–Crippen LogP) is 5.62. The molecule has 39 heavy (non-hydrogen) atoms. The first-order valence-corrected chi connectivity index (χ1v) is 13.7. The van der Waals surface area contributed by atoms with Crippen LogP contribution in [0.3, 0.4) is 0 Å².